The number of amides is 1. The first-order valence-electron chi connectivity index (χ1n) is 6.36. The van der Waals surface area contributed by atoms with Gasteiger partial charge in [0.1, 0.15) is 11.3 Å². The highest BCUT2D eigenvalue weighted by molar-refractivity contribution is 7.89. The van der Waals surface area contributed by atoms with E-state index >= 15 is 0 Å². The number of rotatable bonds is 7. The van der Waals surface area contributed by atoms with E-state index in [0.717, 1.165) is 4.90 Å². The summed E-state index contributed by atoms with van der Waals surface area (Å²) in [6, 6.07) is -1.27. The van der Waals surface area contributed by atoms with E-state index in [1.165, 1.54) is 0 Å². The summed E-state index contributed by atoms with van der Waals surface area (Å²) in [5, 5.41) is 13.0. The number of nitrogens with two attached hydrogens (primary N) is 1. The highest BCUT2D eigenvalue weighted by Gasteiger charge is 2.41. The minimum atomic E-state index is -3.91. The van der Waals surface area contributed by atoms with Crippen LogP contribution in [-0.4, -0.2) is 60.7 Å². The Hall–Kier alpha value is -1.68. The zero-order valence-electron chi connectivity index (χ0n) is 11.5. The maximum Gasteiger partial charge on any atom is 0.326 e. The van der Waals surface area contributed by atoms with Gasteiger partial charge in [0, 0.05) is 19.4 Å². The smallest absolute Gasteiger partial charge is 0.326 e. The van der Waals surface area contributed by atoms with Crippen LogP contribution in [0.25, 0.3) is 0 Å². The second-order valence-corrected chi connectivity index (χ2v) is 6.50. The fraction of sp³-hybridized carbons (Fsp3) is 0.727. The van der Waals surface area contributed by atoms with Gasteiger partial charge < -0.3 is 14.7 Å². The lowest BCUT2D eigenvalue weighted by atomic mass is 10.1. The normalized spacial score (nSPS) is 20.4. The first kappa shape index (κ1) is 17.4. The van der Waals surface area contributed by atoms with E-state index in [-0.39, 0.29) is 32.4 Å². The van der Waals surface area contributed by atoms with Gasteiger partial charge >= 0.3 is 11.9 Å². The molecule has 0 bridgehead atoms. The van der Waals surface area contributed by atoms with Crippen molar-refractivity contribution < 1.29 is 32.6 Å². The van der Waals surface area contributed by atoms with E-state index in [1.54, 1.807) is 6.92 Å². The molecule has 1 rings (SSSR count). The van der Waals surface area contributed by atoms with E-state index in [4.69, 9.17) is 10.2 Å². The number of carbonyl (C=O) groups is 3. The third-order valence-corrected chi connectivity index (χ3v) is 4.42. The zero-order valence-corrected chi connectivity index (χ0v) is 12.3. The van der Waals surface area contributed by atoms with Crippen molar-refractivity contribution in [3.63, 3.8) is 0 Å². The molecular formula is C11H18N2O7S. The molecule has 1 heterocycles. The van der Waals surface area contributed by atoms with Crippen molar-refractivity contribution in [1.29, 1.82) is 0 Å². The van der Waals surface area contributed by atoms with Crippen LogP contribution < -0.4 is 5.14 Å². The molecule has 0 radical (unpaired) electrons. The molecule has 1 fully saturated rings. The van der Waals surface area contributed by atoms with Gasteiger partial charge in [-0.25, -0.2) is 18.4 Å². The summed E-state index contributed by atoms with van der Waals surface area (Å²) in [4.78, 5) is 35.2. The number of nitrogens with zero attached hydrogens (tertiary/aromatic N) is 1. The number of likely N-dealkylation sites (tertiary alicyclic amines) is 1. The lowest BCUT2D eigenvalue weighted by molar-refractivity contribution is -0.150. The van der Waals surface area contributed by atoms with Crippen LogP contribution in [0, 0.1) is 0 Å². The standard InChI is InChI=1S/C11H18N2O7S/c1-2-20-10(15)4-3-8(11(16)17)13-6-7(5-9(13)14)21(12,18)19/h7-8H,2-6H2,1H3,(H,16,17)(H2,12,18,19)/t7?,8-/m0/s1. The Labute approximate surface area is 122 Å². The van der Waals surface area contributed by atoms with Gasteiger partial charge in [-0.15, -0.1) is 0 Å². The van der Waals surface area contributed by atoms with Crippen molar-refractivity contribution in [2.24, 2.45) is 5.14 Å². The van der Waals surface area contributed by atoms with Crippen LogP contribution in [-0.2, 0) is 29.1 Å². The molecule has 9 nitrogen and oxygen atoms in total. The van der Waals surface area contributed by atoms with E-state index in [1.807, 2.05) is 0 Å². The average Bonchev–Trinajstić information content (AvgIpc) is 2.72. The van der Waals surface area contributed by atoms with Crippen LogP contribution in [0.15, 0.2) is 0 Å². The SMILES string of the molecule is CCOC(=O)CC[C@@H](C(=O)O)N1CC(S(N)(=O)=O)CC1=O. The van der Waals surface area contributed by atoms with E-state index in [9.17, 15) is 22.8 Å². The third-order valence-electron chi connectivity index (χ3n) is 3.18. The minimum Gasteiger partial charge on any atom is -0.480 e. The van der Waals surface area contributed by atoms with Gasteiger partial charge in [-0.05, 0) is 13.3 Å². The molecule has 0 spiro atoms. The molecule has 1 saturated heterocycles. The number of carboxylic acids is 1. The van der Waals surface area contributed by atoms with Crippen LogP contribution in [0.5, 0.6) is 0 Å². The fourth-order valence-electron chi connectivity index (χ4n) is 2.12. The average molecular weight is 322 g/mol. The first-order valence-corrected chi connectivity index (χ1v) is 7.97. The van der Waals surface area contributed by atoms with Crippen molar-refractivity contribution in [3.05, 3.63) is 0 Å². The molecule has 10 heteroatoms. The number of carboxylic acid groups (broad SMARTS) is 1. The molecule has 0 aromatic heterocycles. The fourth-order valence-corrected chi connectivity index (χ4v) is 2.86. The Balaban J connectivity index is 2.75. The molecule has 21 heavy (non-hydrogen) atoms. The summed E-state index contributed by atoms with van der Waals surface area (Å²) < 4.78 is 27.2. The Kier molecular flexibility index (Phi) is 5.67. The van der Waals surface area contributed by atoms with Gasteiger partial charge in [0.25, 0.3) is 0 Å². The van der Waals surface area contributed by atoms with Crippen molar-refractivity contribution in [3.8, 4) is 0 Å². The minimum absolute atomic E-state index is 0.142. The summed E-state index contributed by atoms with van der Waals surface area (Å²) in [5.41, 5.74) is 0. The van der Waals surface area contributed by atoms with Gasteiger partial charge in [-0.2, -0.15) is 0 Å². The van der Waals surface area contributed by atoms with Gasteiger partial charge in [0.2, 0.25) is 15.9 Å². The van der Waals surface area contributed by atoms with Crippen molar-refractivity contribution in [1.82, 2.24) is 4.90 Å². The monoisotopic (exact) mass is 322 g/mol. The Bertz CT molecular complexity index is 531. The summed E-state index contributed by atoms with van der Waals surface area (Å²) >= 11 is 0. The Morgan fingerprint density at radius 1 is 1.52 bits per heavy atom. The lowest BCUT2D eigenvalue weighted by Crippen LogP contribution is -2.43. The number of hydrogen-bond acceptors (Lipinski definition) is 6. The molecule has 1 aliphatic rings. The molecule has 3 N–H and O–H groups in total. The zero-order chi connectivity index (χ0) is 16.2. The second kappa shape index (κ2) is 6.85. The predicted octanol–water partition coefficient (Wildman–Crippen LogP) is -1.33. The Morgan fingerprint density at radius 3 is 2.57 bits per heavy atom. The number of carbonyl (C=O) groups excluding carboxylic acids is 2. The largest absolute Gasteiger partial charge is 0.480 e. The molecule has 120 valence electrons. The van der Waals surface area contributed by atoms with E-state index in [0.29, 0.717) is 0 Å². The van der Waals surface area contributed by atoms with Crippen molar-refractivity contribution in [2.75, 3.05) is 13.2 Å². The maximum absolute atomic E-state index is 11.8. The first-order chi connectivity index (χ1) is 9.66. The number of aliphatic carboxylic acids is 1. The number of ether oxygens (including phenoxy) is 1. The van der Waals surface area contributed by atoms with Crippen LogP contribution in [0.4, 0.5) is 0 Å². The van der Waals surface area contributed by atoms with Crippen molar-refractivity contribution in [2.45, 2.75) is 37.5 Å². The molecule has 1 amide bonds. The molecule has 0 aliphatic carbocycles. The molecule has 0 aromatic rings. The second-order valence-electron chi connectivity index (χ2n) is 4.66. The third kappa shape index (κ3) is 4.67. The van der Waals surface area contributed by atoms with Gasteiger partial charge in [-0.3, -0.25) is 9.59 Å². The number of hydrogen-bond donors (Lipinski definition) is 2. The molecule has 1 unspecified atom stereocenters. The highest BCUT2D eigenvalue weighted by Crippen LogP contribution is 2.21. The molecule has 1 aliphatic heterocycles. The number of primary sulfonamides is 1. The molecule has 2 atom stereocenters. The van der Waals surface area contributed by atoms with Gasteiger partial charge in [-0.1, -0.05) is 0 Å². The molecule has 0 aromatic carbocycles. The Morgan fingerprint density at radius 2 is 2.14 bits per heavy atom. The van der Waals surface area contributed by atoms with Crippen LogP contribution >= 0.6 is 0 Å². The summed E-state index contributed by atoms with van der Waals surface area (Å²) in [6.07, 6.45) is -0.659. The van der Waals surface area contributed by atoms with E-state index in [2.05, 4.69) is 4.74 Å². The summed E-state index contributed by atoms with van der Waals surface area (Å²) in [5.74, 6) is -2.48. The van der Waals surface area contributed by atoms with Crippen LogP contribution in [0.3, 0.4) is 0 Å². The molecule has 0 saturated carbocycles. The van der Waals surface area contributed by atoms with Crippen LogP contribution in [0.2, 0.25) is 0 Å². The number of sulfonamides is 1. The quantitative estimate of drug-likeness (QED) is 0.552. The summed E-state index contributed by atoms with van der Waals surface area (Å²) in [6.45, 7) is 1.51. The van der Waals surface area contributed by atoms with Crippen LogP contribution in [0.1, 0.15) is 26.2 Å². The van der Waals surface area contributed by atoms with E-state index < -0.39 is 39.2 Å². The maximum atomic E-state index is 11.8. The number of esters is 1. The van der Waals surface area contributed by atoms with Crippen molar-refractivity contribution >= 4 is 27.9 Å². The highest BCUT2D eigenvalue weighted by atomic mass is 32.2. The van der Waals surface area contributed by atoms with Gasteiger partial charge in [0.05, 0.1) is 6.61 Å². The summed E-state index contributed by atoms with van der Waals surface area (Å²) in [7, 11) is -3.91. The lowest BCUT2D eigenvalue weighted by Gasteiger charge is -2.24. The topological polar surface area (TPSA) is 144 Å². The molecular weight excluding hydrogens is 304 g/mol. The van der Waals surface area contributed by atoms with Gasteiger partial charge in [0.15, 0.2) is 0 Å². The predicted molar refractivity (Wildman–Crippen MR) is 70.5 cm³/mol.